The summed E-state index contributed by atoms with van der Waals surface area (Å²) in [5, 5.41) is 11.2. The number of para-hydroxylation sites is 1. The fraction of sp³-hybridized carbons (Fsp3) is 0.150. The van der Waals surface area contributed by atoms with Crippen molar-refractivity contribution in [1.82, 2.24) is 0 Å². The first-order chi connectivity index (χ1) is 13.9. The Labute approximate surface area is 165 Å². The van der Waals surface area contributed by atoms with E-state index < -0.39 is 25.1 Å². The van der Waals surface area contributed by atoms with Crippen LogP contribution in [0.4, 0.5) is 14.5 Å². The molecule has 0 heterocycles. The number of nitriles is 1. The zero-order valence-corrected chi connectivity index (χ0v) is 15.2. The van der Waals surface area contributed by atoms with Gasteiger partial charge in [0.2, 0.25) is 0 Å². The number of carbonyl (C=O) groups excluding carboxylic acids is 2. The molecule has 0 aliphatic rings. The lowest BCUT2D eigenvalue weighted by molar-refractivity contribution is -0.142. The second kappa shape index (κ2) is 10.4. The van der Waals surface area contributed by atoms with Crippen LogP contribution in [0.5, 0.6) is 11.5 Å². The molecule has 2 aromatic rings. The van der Waals surface area contributed by atoms with Crippen molar-refractivity contribution in [3.05, 3.63) is 59.7 Å². The van der Waals surface area contributed by atoms with Crippen LogP contribution in [0.15, 0.2) is 48.5 Å². The Morgan fingerprint density at radius 1 is 1.21 bits per heavy atom. The predicted octanol–water partition coefficient (Wildman–Crippen LogP) is 3.36. The maximum absolute atomic E-state index is 12.6. The molecule has 0 aliphatic heterocycles. The monoisotopic (exact) mass is 402 g/mol. The molecular weight excluding hydrogens is 386 g/mol. The summed E-state index contributed by atoms with van der Waals surface area (Å²) in [5.41, 5.74) is 1.04. The molecule has 2 rings (SSSR count). The highest BCUT2D eigenvalue weighted by Crippen LogP contribution is 2.33. The first-order valence-electron chi connectivity index (χ1n) is 8.19. The van der Waals surface area contributed by atoms with E-state index in [1.54, 1.807) is 0 Å². The van der Waals surface area contributed by atoms with Gasteiger partial charge in [0.25, 0.3) is 5.91 Å². The van der Waals surface area contributed by atoms with E-state index in [1.807, 2.05) is 6.07 Å². The quantitative estimate of drug-likeness (QED) is 0.537. The van der Waals surface area contributed by atoms with Crippen LogP contribution in [0.25, 0.3) is 6.08 Å². The van der Waals surface area contributed by atoms with Crippen LogP contribution >= 0.6 is 0 Å². The topological polar surface area (TPSA) is 97.6 Å². The van der Waals surface area contributed by atoms with E-state index in [1.165, 1.54) is 55.7 Å². The largest absolute Gasteiger partial charge is 0.493 e. The molecule has 1 N–H and O–H groups in total. The summed E-state index contributed by atoms with van der Waals surface area (Å²) in [6.45, 7) is -3.63. The molecule has 0 saturated carbocycles. The average Bonchev–Trinajstić information content (AvgIpc) is 2.71. The zero-order valence-electron chi connectivity index (χ0n) is 15.2. The summed E-state index contributed by atoms with van der Waals surface area (Å²) in [4.78, 5) is 23.6. The van der Waals surface area contributed by atoms with E-state index in [0.29, 0.717) is 11.3 Å². The first kappa shape index (κ1) is 21.4. The Kier molecular flexibility index (Phi) is 7.68. The van der Waals surface area contributed by atoms with Crippen LogP contribution in [0.1, 0.15) is 11.1 Å². The molecule has 7 nitrogen and oxygen atoms in total. The maximum Gasteiger partial charge on any atom is 0.387 e. The van der Waals surface area contributed by atoms with Gasteiger partial charge in [-0.2, -0.15) is 14.0 Å². The van der Waals surface area contributed by atoms with Crippen molar-refractivity contribution in [2.24, 2.45) is 0 Å². The van der Waals surface area contributed by atoms with Gasteiger partial charge in [-0.25, -0.2) is 4.79 Å². The molecule has 9 heteroatoms. The van der Waals surface area contributed by atoms with Crippen molar-refractivity contribution in [1.29, 1.82) is 5.26 Å². The lowest BCUT2D eigenvalue weighted by Gasteiger charge is -2.12. The standard InChI is InChI=1S/C20H16F2N2O5/c1-27-16-4-2-3-14(19(16)29-20(21)22)7-10-18(26)28-12-17(25)24-15-8-5-13(11-23)6-9-15/h2-10,20H,12H2,1H3,(H,24,25)/b10-7+. The number of esters is 1. The highest BCUT2D eigenvalue weighted by Gasteiger charge is 2.14. The molecule has 0 saturated heterocycles. The summed E-state index contributed by atoms with van der Waals surface area (Å²) in [6.07, 6.45) is 2.18. The Hall–Kier alpha value is -3.93. The first-order valence-corrected chi connectivity index (χ1v) is 8.19. The Balaban J connectivity index is 1.94. The average molecular weight is 402 g/mol. The second-order valence-corrected chi connectivity index (χ2v) is 5.44. The Morgan fingerprint density at radius 2 is 1.93 bits per heavy atom. The predicted molar refractivity (Wildman–Crippen MR) is 99.4 cm³/mol. The highest BCUT2D eigenvalue weighted by atomic mass is 19.3. The molecule has 0 unspecified atom stereocenters. The third kappa shape index (κ3) is 6.62. The van der Waals surface area contributed by atoms with Gasteiger partial charge in [-0.05, 0) is 36.4 Å². The maximum atomic E-state index is 12.6. The van der Waals surface area contributed by atoms with Crippen LogP contribution in [-0.2, 0) is 14.3 Å². The number of anilines is 1. The van der Waals surface area contributed by atoms with Crippen molar-refractivity contribution in [3.8, 4) is 17.6 Å². The van der Waals surface area contributed by atoms with Crippen molar-refractivity contribution in [3.63, 3.8) is 0 Å². The number of methoxy groups -OCH3 is 1. The van der Waals surface area contributed by atoms with Crippen molar-refractivity contribution < 1.29 is 32.6 Å². The molecule has 150 valence electrons. The van der Waals surface area contributed by atoms with Crippen LogP contribution in [-0.4, -0.2) is 32.2 Å². The normalized spacial score (nSPS) is 10.4. The van der Waals surface area contributed by atoms with Crippen LogP contribution < -0.4 is 14.8 Å². The van der Waals surface area contributed by atoms with Gasteiger partial charge in [0, 0.05) is 17.3 Å². The van der Waals surface area contributed by atoms with Gasteiger partial charge in [0.15, 0.2) is 18.1 Å². The number of nitrogens with one attached hydrogen (secondary N) is 1. The Bertz CT molecular complexity index is 937. The number of benzene rings is 2. The minimum absolute atomic E-state index is 0.0719. The number of rotatable bonds is 8. The molecular formula is C20H16F2N2O5. The molecule has 0 spiro atoms. The van der Waals surface area contributed by atoms with E-state index in [2.05, 4.69) is 10.1 Å². The van der Waals surface area contributed by atoms with Gasteiger partial charge < -0.3 is 19.5 Å². The number of nitrogens with zero attached hydrogens (tertiary/aromatic N) is 1. The van der Waals surface area contributed by atoms with E-state index in [9.17, 15) is 18.4 Å². The van der Waals surface area contributed by atoms with Gasteiger partial charge in [-0.15, -0.1) is 0 Å². The SMILES string of the molecule is COc1cccc(/C=C/C(=O)OCC(=O)Nc2ccc(C#N)cc2)c1OC(F)F. The lowest BCUT2D eigenvalue weighted by Crippen LogP contribution is -2.20. The van der Waals surface area contributed by atoms with Gasteiger partial charge in [-0.3, -0.25) is 4.79 Å². The third-order valence-electron chi connectivity index (χ3n) is 3.48. The van der Waals surface area contributed by atoms with Crippen molar-refractivity contribution >= 4 is 23.6 Å². The van der Waals surface area contributed by atoms with Gasteiger partial charge in [0.1, 0.15) is 0 Å². The molecule has 29 heavy (non-hydrogen) atoms. The summed E-state index contributed by atoms with van der Waals surface area (Å²) < 4.78 is 39.4. The molecule has 0 aromatic heterocycles. The lowest BCUT2D eigenvalue weighted by atomic mass is 10.1. The number of ether oxygens (including phenoxy) is 3. The van der Waals surface area contributed by atoms with Crippen LogP contribution in [0.3, 0.4) is 0 Å². The molecule has 0 bridgehead atoms. The van der Waals surface area contributed by atoms with Crippen LogP contribution in [0.2, 0.25) is 0 Å². The zero-order chi connectivity index (χ0) is 21.2. The summed E-state index contributed by atoms with van der Waals surface area (Å²) >= 11 is 0. The van der Waals surface area contributed by atoms with Gasteiger partial charge in [-0.1, -0.05) is 12.1 Å². The number of hydrogen-bond acceptors (Lipinski definition) is 6. The van der Waals surface area contributed by atoms with E-state index in [-0.39, 0.29) is 17.1 Å². The number of halogens is 2. The summed E-state index contributed by atoms with van der Waals surface area (Å²) in [5.74, 6) is -1.60. The summed E-state index contributed by atoms with van der Waals surface area (Å²) in [6, 6.07) is 12.5. The molecule has 0 atom stereocenters. The molecule has 1 amide bonds. The van der Waals surface area contributed by atoms with Crippen LogP contribution in [0, 0.1) is 11.3 Å². The minimum atomic E-state index is -3.07. The fourth-order valence-electron chi connectivity index (χ4n) is 2.21. The van der Waals surface area contributed by atoms with E-state index in [4.69, 9.17) is 14.7 Å². The van der Waals surface area contributed by atoms with E-state index in [0.717, 1.165) is 6.08 Å². The minimum Gasteiger partial charge on any atom is -0.493 e. The highest BCUT2D eigenvalue weighted by molar-refractivity contribution is 5.94. The second-order valence-electron chi connectivity index (χ2n) is 5.44. The van der Waals surface area contributed by atoms with Gasteiger partial charge in [0.05, 0.1) is 18.7 Å². The van der Waals surface area contributed by atoms with Crippen molar-refractivity contribution in [2.75, 3.05) is 19.0 Å². The fourth-order valence-corrected chi connectivity index (χ4v) is 2.21. The number of amides is 1. The Morgan fingerprint density at radius 3 is 2.55 bits per heavy atom. The van der Waals surface area contributed by atoms with E-state index >= 15 is 0 Å². The molecule has 2 aromatic carbocycles. The molecule has 0 radical (unpaired) electrons. The number of alkyl halides is 2. The smallest absolute Gasteiger partial charge is 0.387 e. The molecule has 0 fully saturated rings. The van der Waals surface area contributed by atoms with Gasteiger partial charge >= 0.3 is 12.6 Å². The third-order valence-corrected chi connectivity index (χ3v) is 3.48. The number of carbonyl (C=O) groups is 2. The molecule has 0 aliphatic carbocycles. The number of hydrogen-bond donors (Lipinski definition) is 1. The summed E-state index contributed by atoms with van der Waals surface area (Å²) in [7, 11) is 1.29. The van der Waals surface area contributed by atoms with Crippen molar-refractivity contribution in [2.45, 2.75) is 6.61 Å².